The molecular formula is C24H19ClN2O5S2. The Morgan fingerprint density at radius 1 is 1.24 bits per heavy atom. The standard InChI is InChI=1S/C24H19ClN2O5S2/c1-30-19-11-15(12-20-23(29)27(24(33)34-20)13-17-8-5-9-31-17)10-18(25)22(19)32-14-21(28)26-16-6-3-2-4-7-16/h2-12H,13-14H2,1H3,(H,26,28)/b20-12-. The molecule has 174 valence electrons. The molecule has 4 rings (SSSR count). The fraction of sp³-hybridized carbons (Fsp3) is 0.125. The minimum atomic E-state index is -0.339. The van der Waals surface area contributed by atoms with Gasteiger partial charge in [0.15, 0.2) is 18.1 Å². The molecule has 1 aliphatic rings. The van der Waals surface area contributed by atoms with E-state index in [4.69, 9.17) is 37.7 Å². The van der Waals surface area contributed by atoms with E-state index < -0.39 is 0 Å². The zero-order valence-corrected chi connectivity index (χ0v) is 20.3. The highest BCUT2D eigenvalue weighted by Crippen LogP contribution is 2.39. The lowest BCUT2D eigenvalue weighted by atomic mass is 10.1. The number of carbonyl (C=O) groups excluding carboxylic acids is 2. The van der Waals surface area contributed by atoms with Crippen LogP contribution >= 0.6 is 35.6 Å². The maximum absolute atomic E-state index is 12.9. The number of hydrogen-bond acceptors (Lipinski definition) is 7. The molecule has 1 saturated heterocycles. The highest BCUT2D eigenvalue weighted by molar-refractivity contribution is 8.26. The van der Waals surface area contributed by atoms with Crippen LogP contribution in [0.25, 0.3) is 6.08 Å². The lowest BCUT2D eigenvalue weighted by Crippen LogP contribution is -2.27. The van der Waals surface area contributed by atoms with E-state index in [0.29, 0.717) is 32.0 Å². The average Bonchev–Trinajstić information content (AvgIpc) is 3.43. The molecule has 0 aliphatic carbocycles. The van der Waals surface area contributed by atoms with Gasteiger partial charge in [0.2, 0.25) is 0 Å². The Bertz CT molecular complexity index is 1250. The van der Waals surface area contributed by atoms with Gasteiger partial charge < -0.3 is 19.2 Å². The van der Waals surface area contributed by atoms with Gasteiger partial charge in [0.05, 0.1) is 29.8 Å². The molecule has 1 N–H and O–H groups in total. The number of thioether (sulfide) groups is 1. The third kappa shape index (κ3) is 5.61. The minimum Gasteiger partial charge on any atom is -0.493 e. The fourth-order valence-electron chi connectivity index (χ4n) is 3.17. The molecule has 2 amide bonds. The highest BCUT2D eigenvalue weighted by Gasteiger charge is 2.32. The summed E-state index contributed by atoms with van der Waals surface area (Å²) in [6, 6.07) is 15.9. The van der Waals surface area contributed by atoms with Gasteiger partial charge in [-0.05, 0) is 48.0 Å². The lowest BCUT2D eigenvalue weighted by Gasteiger charge is -2.14. The van der Waals surface area contributed by atoms with Gasteiger partial charge in [0.1, 0.15) is 10.1 Å². The predicted molar refractivity (Wildman–Crippen MR) is 136 cm³/mol. The van der Waals surface area contributed by atoms with E-state index in [1.54, 1.807) is 48.7 Å². The van der Waals surface area contributed by atoms with E-state index in [0.717, 1.165) is 0 Å². The van der Waals surface area contributed by atoms with Crippen LogP contribution in [0.5, 0.6) is 11.5 Å². The van der Waals surface area contributed by atoms with Gasteiger partial charge in [-0.15, -0.1) is 0 Å². The smallest absolute Gasteiger partial charge is 0.266 e. The summed E-state index contributed by atoms with van der Waals surface area (Å²) in [7, 11) is 1.47. The third-order valence-corrected chi connectivity index (χ3v) is 6.38. The lowest BCUT2D eigenvalue weighted by molar-refractivity contribution is -0.122. The summed E-state index contributed by atoms with van der Waals surface area (Å²) in [6.07, 6.45) is 3.23. The van der Waals surface area contributed by atoms with Crippen molar-refractivity contribution in [3.05, 3.63) is 82.1 Å². The number of rotatable bonds is 8. The van der Waals surface area contributed by atoms with Crippen molar-refractivity contribution in [1.82, 2.24) is 4.90 Å². The highest BCUT2D eigenvalue weighted by atomic mass is 35.5. The zero-order chi connectivity index (χ0) is 24.1. The Hall–Kier alpha value is -3.27. The van der Waals surface area contributed by atoms with Crippen LogP contribution in [0.3, 0.4) is 0 Å². The fourth-order valence-corrected chi connectivity index (χ4v) is 4.69. The Labute approximate surface area is 210 Å². The first-order valence-corrected chi connectivity index (χ1v) is 11.7. The van der Waals surface area contributed by atoms with Crippen molar-refractivity contribution >= 4 is 63.5 Å². The van der Waals surface area contributed by atoms with Crippen molar-refractivity contribution in [1.29, 1.82) is 0 Å². The number of para-hydroxylation sites is 1. The van der Waals surface area contributed by atoms with E-state index in [9.17, 15) is 9.59 Å². The SMILES string of the molecule is COc1cc(/C=C2\SC(=S)N(Cc3ccco3)C2=O)cc(Cl)c1OCC(=O)Nc1ccccc1. The molecule has 0 bridgehead atoms. The molecule has 0 saturated carbocycles. The monoisotopic (exact) mass is 514 g/mol. The summed E-state index contributed by atoms with van der Waals surface area (Å²) in [4.78, 5) is 27.0. The summed E-state index contributed by atoms with van der Waals surface area (Å²) in [5.41, 5.74) is 1.29. The van der Waals surface area contributed by atoms with Crippen molar-refractivity contribution in [3.8, 4) is 11.5 Å². The summed E-state index contributed by atoms with van der Waals surface area (Å²) < 4.78 is 16.8. The topological polar surface area (TPSA) is 81.0 Å². The van der Waals surface area contributed by atoms with E-state index in [1.165, 1.54) is 23.8 Å². The number of halogens is 1. The van der Waals surface area contributed by atoms with Crippen LogP contribution in [0.15, 0.2) is 70.2 Å². The van der Waals surface area contributed by atoms with Gasteiger partial charge in [-0.2, -0.15) is 0 Å². The van der Waals surface area contributed by atoms with E-state index in [2.05, 4.69) is 5.32 Å². The number of hydrogen-bond donors (Lipinski definition) is 1. The number of benzene rings is 2. The van der Waals surface area contributed by atoms with E-state index in [-0.39, 0.29) is 35.7 Å². The molecule has 10 heteroatoms. The number of amides is 2. The van der Waals surface area contributed by atoms with Gasteiger partial charge in [0, 0.05) is 5.69 Å². The van der Waals surface area contributed by atoms with Crippen molar-refractivity contribution in [2.24, 2.45) is 0 Å². The first kappa shape index (κ1) is 23.9. The molecule has 1 aliphatic heterocycles. The maximum atomic E-state index is 12.9. The maximum Gasteiger partial charge on any atom is 0.266 e. The van der Waals surface area contributed by atoms with Crippen LogP contribution in [0, 0.1) is 0 Å². The van der Waals surface area contributed by atoms with Crippen molar-refractivity contribution in [2.45, 2.75) is 6.54 Å². The second-order valence-corrected chi connectivity index (χ2v) is 9.17. The molecule has 3 aromatic rings. The normalized spacial score (nSPS) is 14.5. The quantitative estimate of drug-likeness (QED) is 0.320. The van der Waals surface area contributed by atoms with Crippen molar-refractivity contribution < 1.29 is 23.5 Å². The first-order chi connectivity index (χ1) is 16.4. The number of anilines is 1. The molecule has 0 unspecified atom stereocenters. The molecule has 34 heavy (non-hydrogen) atoms. The Morgan fingerprint density at radius 2 is 2.03 bits per heavy atom. The van der Waals surface area contributed by atoms with Gasteiger partial charge in [0.25, 0.3) is 11.8 Å². The predicted octanol–water partition coefficient (Wildman–Crippen LogP) is 5.36. The van der Waals surface area contributed by atoms with Crippen LogP contribution < -0.4 is 14.8 Å². The number of thiocarbonyl (C=S) groups is 1. The number of carbonyl (C=O) groups is 2. The zero-order valence-electron chi connectivity index (χ0n) is 17.9. The molecule has 1 fully saturated rings. The third-order valence-electron chi connectivity index (χ3n) is 4.72. The molecule has 7 nitrogen and oxygen atoms in total. The van der Waals surface area contributed by atoms with Gasteiger partial charge in [-0.25, -0.2) is 0 Å². The number of ether oxygens (including phenoxy) is 2. The number of furan rings is 1. The van der Waals surface area contributed by atoms with Crippen LogP contribution in [-0.4, -0.2) is 34.8 Å². The summed E-state index contributed by atoms with van der Waals surface area (Å²) in [5, 5.41) is 2.98. The summed E-state index contributed by atoms with van der Waals surface area (Å²) in [5.74, 6) is 0.639. The molecule has 0 spiro atoms. The number of nitrogens with zero attached hydrogens (tertiary/aromatic N) is 1. The molecule has 2 aromatic carbocycles. The van der Waals surface area contributed by atoms with Crippen molar-refractivity contribution in [3.63, 3.8) is 0 Å². The second kappa shape index (κ2) is 10.8. The van der Waals surface area contributed by atoms with Crippen LogP contribution in [-0.2, 0) is 16.1 Å². The van der Waals surface area contributed by atoms with E-state index >= 15 is 0 Å². The molecular weight excluding hydrogens is 496 g/mol. The Morgan fingerprint density at radius 3 is 2.74 bits per heavy atom. The Kier molecular flexibility index (Phi) is 7.56. The Balaban J connectivity index is 1.47. The van der Waals surface area contributed by atoms with Crippen LogP contribution in [0.4, 0.5) is 5.69 Å². The minimum absolute atomic E-state index is 0.223. The number of nitrogens with one attached hydrogen (secondary N) is 1. The van der Waals surface area contributed by atoms with Gasteiger partial charge in [-0.1, -0.05) is 53.8 Å². The average molecular weight is 515 g/mol. The van der Waals surface area contributed by atoms with E-state index in [1.807, 2.05) is 18.2 Å². The van der Waals surface area contributed by atoms with Crippen LogP contribution in [0.1, 0.15) is 11.3 Å². The molecule has 1 aromatic heterocycles. The van der Waals surface area contributed by atoms with Gasteiger partial charge >= 0.3 is 0 Å². The summed E-state index contributed by atoms with van der Waals surface area (Å²) >= 11 is 13.0. The largest absolute Gasteiger partial charge is 0.493 e. The first-order valence-electron chi connectivity index (χ1n) is 10.1. The van der Waals surface area contributed by atoms with Gasteiger partial charge in [-0.3, -0.25) is 14.5 Å². The second-order valence-electron chi connectivity index (χ2n) is 7.08. The summed E-state index contributed by atoms with van der Waals surface area (Å²) in [6.45, 7) is 0.00661. The molecule has 0 radical (unpaired) electrons. The molecule has 2 heterocycles. The number of methoxy groups -OCH3 is 1. The molecule has 0 atom stereocenters. The van der Waals surface area contributed by atoms with Crippen molar-refractivity contribution in [2.75, 3.05) is 19.0 Å². The van der Waals surface area contributed by atoms with Crippen LogP contribution in [0.2, 0.25) is 5.02 Å².